The Kier molecular flexibility index (Phi) is 2.07. The van der Waals surface area contributed by atoms with Crippen LogP contribution < -0.4 is 0 Å². The van der Waals surface area contributed by atoms with Gasteiger partial charge in [0, 0.05) is 0 Å². The normalized spacial score (nSPS) is 19.4. The molecule has 0 radical (unpaired) electrons. The summed E-state index contributed by atoms with van der Waals surface area (Å²) in [4.78, 5) is 6.43. The summed E-state index contributed by atoms with van der Waals surface area (Å²) in [5.41, 5.74) is 0. The van der Waals surface area contributed by atoms with Gasteiger partial charge in [0.25, 0.3) is 0 Å². The fourth-order valence-electron chi connectivity index (χ4n) is 1.69. The van der Waals surface area contributed by atoms with Gasteiger partial charge in [-0.25, -0.2) is 0 Å². The molecule has 2 rings (SSSR count). The van der Waals surface area contributed by atoms with Gasteiger partial charge < -0.3 is 4.52 Å². The molecule has 1 atom stereocenters. The highest BCUT2D eigenvalue weighted by atomic mass is 16.5. The molecular weight excluding hydrogens is 166 g/mol. The molecule has 0 amide bonds. The van der Waals surface area contributed by atoms with Gasteiger partial charge in [0.05, 0.1) is 6.04 Å². The van der Waals surface area contributed by atoms with Gasteiger partial charge in [-0.05, 0) is 39.8 Å². The minimum Gasteiger partial charge on any atom is -0.338 e. The van der Waals surface area contributed by atoms with Crippen LogP contribution in [0.2, 0.25) is 0 Å². The van der Waals surface area contributed by atoms with Crippen molar-refractivity contribution >= 4 is 0 Å². The maximum atomic E-state index is 5.19. The van der Waals surface area contributed by atoms with E-state index >= 15 is 0 Å². The molecule has 4 heteroatoms. The summed E-state index contributed by atoms with van der Waals surface area (Å²) in [6, 6.07) is 0.321. The van der Waals surface area contributed by atoms with Crippen LogP contribution in [0.4, 0.5) is 0 Å². The van der Waals surface area contributed by atoms with Crippen molar-refractivity contribution < 1.29 is 4.52 Å². The largest absolute Gasteiger partial charge is 0.338 e. The van der Waals surface area contributed by atoms with Crippen LogP contribution in [0.3, 0.4) is 0 Å². The summed E-state index contributed by atoms with van der Waals surface area (Å²) in [5, 5.41) is 3.82. The van der Waals surface area contributed by atoms with Gasteiger partial charge >= 0.3 is 0 Å². The van der Waals surface area contributed by atoms with E-state index in [0.29, 0.717) is 6.04 Å². The van der Waals surface area contributed by atoms with E-state index in [4.69, 9.17) is 4.52 Å². The Labute approximate surface area is 77.9 Å². The Bertz CT molecular complexity index is 289. The summed E-state index contributed by atoms with van der Waals surface area (Å²) in [7, 11) is 4.12. The van der Waals surface area contributed by atoms with Gasteiger partial charge in [0.2, 0.25) is 5.89 Å². The van der Waals surface area contributed by atoms with Crippen molar-refractivity contribution in [3.63, 3.8) is 0 Å². The van der Waals surface area contributed by atoms with Gasteiger partial charge in [0.15, 0.2) is 5.82 Å². The van der Waals surface area contributed by atoms with Crippen LogP contribution in [-0.2, 0) is 0 Å². The van der Waals surface area contributed by atoms with Crippen molar-refractivity contribution in [1.29, 1.82) is 0 Å². The van der Waals surface area contributed by atoms with Crippen molar-refractivity contribution in [2.24, 2.45) is 5.92 Å². The molecule has 0 aliphatic heterocycles. The first-order valence-electron chi connectivity index (χ1n) is 4.65. The predicted molar refractivity (Wildman–Crippen MR) is 48.2 cm³/mol. The number of aryl methyl sites for hydroxylation is 1. The van der Waals surface area contributed by atoms with E-state index in [1.165, 1.54) is 12.8 Å². The second kappa shape index (κ2) is 3.10. The zero-order chi connectivity index (χ0) is 9.42. The first kappa shape index (κ1) is 8.69. The molecule has 1 aliphatic rings. The van der Waals surface area contributed by atoms with E-state index in [1.54, 1.807) is 0 Å². The SMILES string of the molecule is Cc1noc(C(C2CC2)N(C)C)n1. The first-order valence-corrected chi connectivity index (χ1v) is 4.65. The minimum atomic E-state index is 0.321. The fraction of sp³-hybridized carbons (Fsp3) is 0.778. The lowest BCUT2D eigenvalue weighted by atomic mass is 10.1. The first-order chi connectivity index (χ1) is 6.18. The van der Waals surface area contributed by atoms with Gasteiger partial charge in [0.1, 0.15) is 0 Å². The lowest BCUT2D eigenvalue weighted by molar-refractivity contribution is 0.207. The Morgan fingerprint density at radius 2 is 2.15 bits per heavy atom. The predicted octanol–water partition coefficient (Wildman–Crippen LogP) is 1.39. The Morgan fingerprint density at radius 3 is 2.54 bits per heavy atom. The molecule has 0 saturated heterocycles. The fourth-order valence-corrected chi connectivity index (χ4v) is 1.69. The molecule has 1 aromatic heterocycles. The molecule has 0 spiro atoms. The lowest BCUT2D eigenvalue weighted by Crippen LogP contribution is -2.22. The highest BCUT2D eigenvalue weighted by Gasteiger charge is 2.37. The topological polar surface area (TPSA) is 42.2 Å². The molecule has 0 aromatic carbocycles. The second-order valence-electron chi connectivity index (χ2n) is 3.93. The van der Waals surface area contributed by atoms with E-state index in [1.807, 2.05) is 6.92 Å². The molecule has 0 bridgehead atoms. The lowest BCUT2D eigenvalue weighted by Gasteiger charge is -2.19. The van der Waals surface area contributed by atoms with E-state index in [2.05, 4.69) is 29.1 Å². The number of hydrogen-bond donors (Lipinski definition) is 0. The third-order valence-electron chi connectivity index (χ3n) is 2.42. The van der Waals surface area contributed by atoms with E-state index in [9.17, 15) is 0 Å². The monoisotopic (exact) mass is 181 g/mol. The molecule has 1 aliphatic carbocycles. The highest BCUT2D eigenvalue weighted by Crippen LogP contribution is 2.42. The van der Waals surface area contributed by atoms with Crippen LogP contribution in [0.5, 0.6) is 0 Å². The van der Waals surface area contributed by atoms with Crippen LogP contribution in [-0.4, -0.2) is 29.1 Å². The molecule has 1 aromatic rings. The average Bonchev–Trinajstić information content (AvgIpc) is 2.76. The number of rotatable bonds is 3. The minimum absolute atomic E-state index is 0.321. The number of aromatic nitrogens is 2. The maximum absolute atomic E-state index is 5.19. The summed E-state index contributed by atoms with van der Waals surface area (Å²) in [6.45, 7) is 1.85. The smallest absolute Gasteiger partial charge is 0.244 e. The van der Waals surface area contributed by atoms with E-state index in [-0.39, 0.29) is 0 Å². The van der Waals surface area contributed by atoms with Crippen LogP contribution >= 0.6 is 0 Å². The molecule has 1 saturated carbocycles. The highest BCUT2D eigenvalue weighted by molar-refractivity contribution is 4.99. The summed E-state index contributed by atoms with van der Waals surface area (Å²) >= 11 is 0. The van der Waals surface area contributed by atoms with E-state index < -0.39 is 0 Å². The number of nitrogens with zero attached hydrogens (tertiary/aromatic N) is 3. The van der Waals surface area contributed by atoms with Crippen LogP contribution in [0.15, 0.2) is 4.52 Å². The maximum Gasteiger partial charge on any atom is 0.244 e. The van der Waals surface area contributed by atoms with Gasteiger partial charge in [-0.15, -0.1) is 0 Å². The summed E-state index contributed by atoms with van der Waals surface area (Å²) < 4.78 is 5.19. The van der Waals surface area contributed by atoms with Crippen LogP contribution in [0.1, 0.15) is 30.6 Å². The molecule has 72 valence electrons. The molecular formula is C9H15N3O. The second-order valence-corrected chi connectivity index (χ2v) is 3.93. The van der Waals surface area contributed by atoms with Gasteiger partial charge in [-0.2, -0.15) is 4.98 Å². The molecule has 4 nitrogen and oxygen atoms in total. The molecule has 1 fully saturated rings. The van der Waals surface area contributed by atoms with Crippen molar-refractivity contribution in [3.8, 4) is 0 Å². The standard InChI is InChI=1S/C9H15N3O/c1-6-10-9(13-11-6)8(12(2)3)7-4-5-7/h7-8H,4-5H2,1-3H3. The van der Waals surface area contributed by atoms with Crippen LogP contribution in [0.25, 0.3) is 0 Å². The van der Waals surface area contributed by atoms with Crippen molar-refractivity contribution in [2.45, 2.75) is 25.8 Å². The Morgan fingerprint density at radius 1 is 1.46 bits per heavy atom. The van der Waals surface area contributed by atoms with Crippen molar-refractivity contribution in [3.05, 3.63) is 11.7 Å². The van der Waals surface area contributed by atoms with Gasteiger partial charge in [-0.3, -0.25) is 4.90 Å². The molecule has 1 unspecified atom stereocenters. The molecule has 13 heavy (non-hydrogen) atoms. The zero-order valence-corrected chi connectivity index (χ0v) is 8.32. The quantitative estimate of drug-likeness (QED) is 0.706. The van der Waals surface area contributed by atoms with Crippen LogP contribution in [0, 0.1) is 12.8 Å². The van der Waals surface area contributed by atoms with E-state index in [0.717, 1.165) is 17.6 Å². The van der Waals surface area contributed by atoms with Gasteiger partial charge in [-0.1, -0.05) is 5.16 Å². The molecule has 1 heterocycles. The molecule has 0 N–H and O–H groups in total. The Balaban J connectivity index is 2.19. The van der Waals surface area contributed by atoms with Crippen molar-refractivity contribution in [1.82, 2.24) is 15.0 Å². The summed E-state index contributed by atoms with van der Waals surface area (Å²) in [6.07, 6.45) is 2.56. The summed E-state index contributed by atoms with van der Waals surface area (Å²) in [5.74, 6) is 2.21. The number of hydrogen-bond acceptors (Lipinski definition) is 4. The zero-order valence-electron chi connectivity index (χ0n) is 8.32. The average molecular weight is 181 g/mol. The Hall–Kier alpha value is -0.900. The van der Waals surface area contributed by atoms with Crippen molar-refractivity contribution in [2.75, 3.05) is 14.1 Å². The third kappa shape index (κ3) is 1.72. The third-order valence-corrected chi connectivity index (χ3v) is 2.42.